The number of halogens is 3. The second kappa shape index (κ2) is 7.94. The van der Waals surface area contributed by atoms with E-state index in [2.05, 4.69) is 5.32 Å². The summed E-state index contributed by atoms with van der Waals surface area (Å²) < 4.78 is 36.3. The monoisotopic (exact) mass is 369 g/mol. The maximum Gasteiger partial charge on any atom is 0.339 e. The van der Waals surface area contributed by atoms with E-state index in [4.69, 9.17) is 21.1 Å². The Bertz CT molecular complexity index is 813. The molecule has 0 spiro atoms. The number of esters is 1. The molecule has 0 aliphatic carbocycles. The van der Waals surface area contributed by atoms with Gasteiger partial charge in [0.1, 0.15) is 5.82 Å². The summed E-state index contributed by atoms with van der Waals surface area (Å²) in [4.78, 5) is 24.0. The molecule has 0 saturated carbocycles. The fraction of sp³-hybridized carbons (Fsp3) is 0.176. The molecule has 5 nitrogen and oxygen atoms in total. The van der Waals surface area contributed by atoms with E-state index in [1.807, 2.05) is 0 Å². The van der Waals surface area contributed by atoms with Gasteiger partial charge in [0.2, 0.25) is 0 Å². The lowest BCUT2D eigenvalue weighted by molar-refractivity contribution is -0.123. The van der Waals surface area contributed by atoms with Crippen LogP contribution in [0.4, 0.5) is 14.5 Å². The highest BCUT2D eigenvalue weighted by molar-refractivity contribution is 6.33. The Balaban J connectivity index is 2.02. The molecule has 2 rings (SSSR count). The Morgan fingerprint density at radius 2 is 1.88 bits per heavy atom. The standard InChI is InChI=1S/C17H14ClF2NO4/c1-9(16(22)21-14-5-4-11(19)8-12(14)18)25-17(23)10-3-6-15(24-2)13(20)7-10/h3-9H,1-2H3,(H,21,22). The number of anilines is 1. The lowest BCUT2D eigenvalue weighted by Crippen LogP contribution is -2.30. The summed E-state index contributed by atoms with van der Waals surface area (Å²) in [6, 6.07) is 6.97. The van der Waals surface area contributed by atoms with Crippen molar-refractivity contribution in [3.63, 3.8) is 0 Å². The maximum absolute atomic E-state index is 13.6. The van der Waals surface area contributed by atoms with E-state index < -0.39 is 29.6 Å². The van der Waals surface area contributed by atoms with Crippen LogP contribution in [0.2, 0.25) is 5.02 Å². The molecule has 1 N–H and O–H groups in total. The Hall–Kier alpha value is -2.67. The summed E-state index contributed by atoms with van der Waals surface area (Å²) in [5.41, 5.74) is 0.101. The zero-order chi connectivity index (χ0) is 18.6. The van der Waals surface area contributed by atoms with Gasteiger partial charge < -0.3 is 14.8 Å². The van der Waals surface area contributed by atoms with Crippen molar-refractivity contribution in [1.82, 2.24) is 0 Å². The van der Waals surface area contributed by atoms with Crippen LogP contribution in [0, 0.1) is 11.6 Å². The second-order valence-corrected chi connectivity index (χ2v) is 5.42. The van der Waals surface area contributed by atoms with Gasteiger partial charge in [-0.1, -0.05) is 11.6 Å². The first kappa shape index (κ1) is 18.7. The molecule has 0 aromatic heterocycles. The fourth-order valence-electron chi connectivity index (χ4n) is 1.90. The normalized spacial score (nSPS) is 11.6. The molecule has 0 fully saturated rings. The first-order valence-electron chi connectivity index (χ1n) is 7.12. The number of benzene rings is 2. The number of hydrogen-bond donors (Lipinski definition) is 1. The Labute approximate surface area is 147 Å². The van der Waals surface area contributed by atoms with Crippen LogP contribution in [0.1, 0.15) is 17.3 Å². The van der Waals surface area contributed by atoms with Gasteiger partial charge in [0.25, 0.3) is 5.91 Å². The van der Waals surface area contributed by atoms with Crippen LogP contribution >= 0.6 is 11.6 Å². The fourth-order valence-corrected chi connectivity index (χ4v) is 2.12. The van der Waals surface area contributed by atoms with Crippen LogP contribution in [-0.2, 0) is 9.53 Å². The van der Waals surface area contributed by atoms with Crippen molar-refractivity contribution in [2.75, 3.05) is 12.4 Å². The van der Waals surface area contributed by atoms with Gasteiger partial charge in [-0.2, -0.15) is 0 Å². The van der Waals surface area contributed by atoms with E-state index in [-0.39, 0.29) is 22.0 Å². The van der Waals surface area contributed by atoms with Gasteiger partial charge in [0, 0.05) is 0 Å². The van der Waals surface area contributed by atoms with Crippen LogP contribution < -0.4 is 10.1 Å². The molecule has 0 heterocycles. The second-order valence-electron chi connectivity index (χ2n) is 5.01. The molecular formula is C17H14ClF2NO4. The summed E-state index contributed by atoms with van der Waals surface area (Å²) in [5, 5.41) is 2.42. The molecule has 132 valence electrons. The molecule has 2 aromatic rings. The lowest BCUT2D eigenvalue weighted by Gasteiger charge is -2.14. The molecular weight excluding hydrogens is 356 g/mol. The van der Waals surface area contributed by atoms with Gasteiger partial charge in [-0.25, -0.2) is 13.6 Å². The van der Waals surface area contributed by atoms with Crippen LogP contribution in [0.25, 0.3) is 0 Å². The molecule has 0 bridgehead atoms. The minimum Gasteiger partial charge on any atom is -0.494 e. The third kappa shape index (κ3) is 4.67. The molecule has 1 atom stereocenters. The van der Waals surface area contributed by atoms with E-state index in [9.17, 15) is 18.4 Å². The van der Waals surface area contributed by atoms with Crippen molar-refractivity contribution in [2.24, 2.45) is 0 Å². The predicted molar refractivity (Wildman–Crippen MR) is 87.9 cm³/mol. The van der Waals surface area contributed by atoms with Gasteiger partial charge in [0.15, 0.2) is 17.7 Å². The van der Waals surface area contributed by atoms with E-state index >= 15 is 0 Å². The predicted octanol–water partition coefficient (Wildman–Crippen LogP) is 3.81. The zero-order valence-electron chi connectivity index (χ0n) is 13.3. The number of carbonyl (C=O) groups is 2. The quantitative estimate of drug-likeness (QED) is 0.814. The van der Waals surface area contributed by atoms with Gasteiger partial charge in [0.05, 0.1) is 23.4 Å². The van der Waals surface area contributed by atoms with Crippen molar-refractivity contribution in [3.8, 4) is 5.75 Å². The van der Waals surface area contributed by atoms with E-state index in [0.717, 1.165) is 18.2 Å². The van der Waals surface area contributed by atoms with Crippen molar-refractivity contribution in [2.45, 2.75) is 13.0 Å². The number of carbonyl (C=O) groups excluding carboxylic acids is 2. The molecule has 0 aliphatic rings. The van der Waals surface area contributed by atoms with E-state index in [1.54, 1.807) is 0 Å². The summed E-state index contributed by atoms with van der Waals surface area (Å²) >= 11 is 5.81. The average molecular weight is 370 g/mol. The first-order chi connectivity index (χ1) is 11.8. The lowest BCUT2D eigenvalue weighted by atomic mass is 10.2. The van der Waals surface area contributed by atoms with Crippen molar-refractivity contribution in [1.29, 1.82) is 0 Å². The highest BCUT2D eigenvalue weighted by atomic mass is 35.5. The molecule has 8 heteroatoms. The highest BCUT2D eigenvalue weighted by Crippen LogP contribution is 2.23. The van der Waals surface area contributed by atoms with Gasteiger partial charge in [-0.05, 0) is 43.3 Å². The van der Waals surface area contributed by atoms with E-state index in [0.29, 0.717) is 0 Å². The number of nitrogens with one attached hydrogen (secondary N) is 1. The number of ether oxygens (including phenoxy) is 2. The molecule has 1 amide bonds. The smallest absolute Gasteiger partial charge is 0.339 e. The minimum absolute atomic E-state index is 0.00380. The molecule has 1 unspecified atom stereocenters. The molecule has 0 saturated heterocycles. The largest absolute Gasteiger partial charge is 0.494 e. The maximum atomic E-state index is 13.6. The number of rotatable bonds is 5. The van der Waals surface area contributed by atoms with Gasteiger partial charge in [-0.3, -0.25) is 4.79 Å². The van der Waals surface area contributed by atoms with Crippen molar-refractivity contribution in [3.05, 3.63) is 58.6 Å². The Morgan fingerprint density at radius 3 is 2.48 bits per heavy atom. The first-order valence-corrected chi connectivity index (χ1v) is 7.50. The van der Waals surface area contributed by atoms with Gasteiger partial charge in [-0.15, -0.1) is 0 Å². The van der Waals surface area contributed by atoms with Crippen LogP contribution in [0.5, 0.6) is 5.75 Å². The van der Waals surface area contributed by atoms with Crippen LogP contribution in [0.3, 0.4) is 0 Å². The Morgan fingerprint density at radius 1 is 1.16 bits per heavy atom. The van der Waals surface area contributed by atoms with E-state index in [1.165, 1.54) is 32.2 Å². The summed E-state index contributed by atoms with van der Waals surface area (Å²) in [6.07, 6.45) is -1.18. The number of methoxy groups -OCH3 is 1. The average Bonchev–Trinajstić information content (AvgIpc) is 2.57. The number of hydrogen-bond acceptors (Lipinski definition) is 4. The summed E-state index contributed by atoms with van der Waals surface area (Å²) in [5.74, 6) is -2.85. The third-order valence-electron chi connectivity index (χ3n) is 3.23. The SMILES string of the molecule is COc1ccc(C(=O)OC(C)C(=O)Nc2ccc(F)cc2Cl)cc1F. The minimum atomic E-state index is -1.18. The number of amides is 1. The molecule has 2 aromatic carbocycles. The summed E-state index contributed by atoms with van der Waals surface area (Å²) in [7, 11) is 1.30. The van der Waals surface area contributed by atoms with Gasteiger partial charge >= 0.3 is 5.97 Å². The van der Waals surface area contributed by atoms with Crippen LogP contribution in [0.15, 0.2) is 36.4 Å². The molecule has 0 radical (unpaired) electrons. The van der Waals surface area contributed by atoms with Crippen molar-refractivity contribution < 1.29 is 27.8 Å². The molecule has 25 heavy (non-hydrogen) atoms. The summed E-state index contributed by atoms with van der Waals surface area (Å²) in [6.45, 7) is 1.34. The zero-order valence-corrected chi connectivity index (χ0v) is 14.1. The molecule has 0 aliphatic heterocycles. The Kier molecular flexibility index (Phi) is 5.93. The van der Waals surface area contributed by atoms with Crippen LogP contribution in [-0.4, -0.2) is 25.1 Å². The van der Waals surface area contributed by atoms with Crippen molar-refractivity contribution >= 4 is 29.2 Å². The third-order valence-corrected chi connectivity index (χ3v) is 3.54. The topological polar surface area (TPSA) is 64.6 Å². The highest BCUT2D eigenvalue weighted by Gasteiger charge is 2.20.